The molecule has 0 unspecified atom stereocenters. The maximum atomic E-state index is 10.3. The van der Waals surface area contributed by atoms with E-state index in [9.17, 15) is 5.11 Å². The average Bonchev–Trinajstić information content (AvgIpc) is 2.14. The number of hydrogen-bond donors (Lipinski definition) is 1. The van der Waals surface area contributed by atoms with E-state index in [2.05, 4.69) is 48.0 Å². The summed E-state index contributed by atoms with van der Waals surface area (Å²) in [6.07, 6.45) is 2.92. The zero-order valence-electron chi connectivity index (χ0n) is 9.26. The molecule has 0 aliphatic heterocycles. The van der Waals surface area contributed by atoms with Gasteiger partial charge in [0.25, 0.3) is 0 Å². The van der Waals surface area contributed by atoms with E-state index in [-0.39, 0.29) is 0 Å². The zero-order valence-corrected chi connectivity index (χ0v) is 10.8. The molecule has 1 aliphatic carbocycles. The van der Waals surface area contributed by atoms with E-state index in [4.69, 9.17) is 0 Å². The van der Waals surface area contributed by atoms with Crippen molar-refractivity contribution in [3.8, 4) is 0 Å². The van der Waals surface area contributed by atoms with Gasteiger partial charge in [-0.15, -0.1) is 0 Å². The average molecular weight is 269 g/mol. The monoisotopic (exact) mass is 268 g/mol. The fourth-order valence-corrected chi connectivity index (χ4v) is 2.81. The topological polar surface area (TPSA) is 20.2 Å². The highest BCUT2D eigenvalue weighted by atomic mass is 79.9. The summed E-state index contributed by atoms with van der Waals surface area (Å²) in [6.45, 7) is 4.36. The molecule has 1 aliphatic rings. The minimum atomic E-state index is -0.561. The highest BCUT2D eigenvalue weighted by Gasteiger charge is 2.37. The van der Waals surface area contributed by atoms with Crippen molar-refractivity contribution in [1.82, 2.24) is 0 Å². The quantitative estimate of drug-likeness (QED) is 0.862. The van der Waals surface area contributed by atoms with Gasteiger partial charge in [-0.1, -0.05) is 41.9 Å². The largest absolute Gasteiger partial charge is 0.385 e. The van der Waals surface area contributed by atoms with Crippen LogP contribution in [0.3, 0.4) is 0 Å². The molecule has 2 rings (SSSR count). The van der Waals surface area contributed by atoms with E-state index in [1.165, 1.54) is 5.56 Å². The first kappa shape index (κ1) is 11.2. The summed E-state index contributed by atoms with van der Waals surface area (Å²) in [5, 5.41) is 10.3. The summed E-state index contributed by atoms with van der Waals surface area (Å²) in [4.78, 5) is 0. The highest BCUT2D eigenvalue weighted by Crippen LogP contribution is 2.44. The Labute approximate surface area is 99.6 Å². The summed E-state index contributed by atoms with van der Waals surface area (Å²) in [5.41, 5.74) is 1.81. The SMILES string of the molecule is CC(C)c1ccc(C2(O)CCC2)c(Br)c1. The number of hydrogen-bond acceptors (Lipinski definition) is 1. The summed E-state index contributed by atoms with van der Waals surface area (Å²) in [6, 6.07) is 6.33. The van der Waals surface area contributed by atoms with Crippen molar-refractivity contribution < 1.29 is 5.11 Å². The first-order chi connectivity index (χ1) is 7.03. The minimum absolute atomic E-state index is 0.534. The van der Waals surface area contributed by atoms with Crippen LogP contribution in [0.25, 0.3) is 0 Å². The Morgan fingerprint density at radius 3 is 2.40 bits per heavy atom. The van der Waals surface area contributed by atoms with Gasteiger partial charge >= 0.3 is 0 Å². The first-order valence-corrected chi connectivity index (χ1v) is 6.34. The molecule has 0 spiro atoms. The first-order valence-electron chi connectivity index (χ1n) is 5.55. The second-order valence-electron chi connectivity index (χ2n) is 4.78. The molecule has 1 aromatic rings. The van der Waals surface area contributed by atoms with E-state index in [0.29, 0.717) is 5.92 Å². The molecule has 0 amide bonds. The molecule has 0 radical (unpaired) electrons. The molecule has 1 saturated carbocycles. The van der Waals surface area contributed by atoms with Crippen LogP contribution >= 0.6 is 15.9 Å². The van der Waals surface area contributed by atoms with E-state index < -0.39 is 5.60 Å². The molecular formula is C13H17BrO. The molecule has 82 valence electrons. The zero-order chi connectivity index (χ0) is 11.1. The van der Waals surface area contributed by atoms with Crippen molar-refractivity contribution in [1.29, 1.82) is 0 Å². The Morgan fingerprint density at radius 1 is 1.33 bits per heavy atom. The maximum Gasteiger partial charge on any atom is 0.0907 e. The van der Waals surface area contributed by atoms with Crippen molar-refractivity contribution in [2.45, 2.75) is 44.6 Å². The highest BCUT2D eigenvalue weighted by molar-refractivity contribution is 9.10. The van der Waals surface area contributed by atoms with Crippen LogP contribution in [0.2, 0.25) is 0 Å². The fraction of sp³-hybridized carbons (Fsp3) is 0.538. The van der Waals surface area contributed by atoms with Crippen LogP contribution < -0.4 is 0 Å². The molecule has 1 aromatic carbocycles. The van der Waals surface area contributed by atoms with Crippen LogP contribution in [0.15, 0.2) is 22.7 Å². The van der Waals surface area contributed by atoms with Crippen LogP contribution in [-0.2, 0) is 5.60 Å². The summed E-state index contributed by atoms with van der Waals surface area (Å²) < 4.78 is 1.05. The smallest absolute Gasteiger partial charge is 0.0907 e. The molecule has 0 bridgehead atoms. The number of halogens is 1. The lowest BCUT2D eigenvalue weighted by Gasteiger charge is -2.38. The Hall–Kier alpha value is -0.340. The van der Waals surface area contributed by atoms with Gasteiger partial charge in [0.1, 0.15) is 0 Å². The van der Waals surface area contributed by atoms with Crippen LogP contribution in [-0.4, -0.2) is 5.11 Å². The number of benzene rings is 1. The molecule has 1 nitrogen and oxygen atoms in total. The van der Waals surface area contributed by atoms with Crippen molar-refractivity contribution in [3.05, 3.63) is 33.8 Å². The van der Waals surface area contributed by atoms with Crippen molar-refractivity contribution >= 4 is 15.9 Å². The van der Waals surface area contributed by atoms with E-state index >= 15 is 0 Å². The predicted octanol–water partition coefficient (Wildman–Crippen LogP) is 3.94. The van der Waals surface area contributed by atoms with Gasteiger partial charge in [0.2, 0.25) is 0 Å². The second-order valence-corrected chi connectivity index (χ2v) is 5.63. The van der Waals surface area contributed by atoms with Gasteiger partial charge < -0.3 is 5.11 Å². The number of aliphatic hydroxyl groups is 1. The van der Waals surface area contributed by atoms with Gasteiger partial charge in [-0.3, -0.25) is 0 Å². The van der Waals surface area contributed by atoms with E-state index in [1.807, 2.05) is 0 Å². The molecule has 1 N–H and O–H groups in total. The molecule has 0 aromatic heterocycles. The Bertz CT molecular complexity index is 367. The summed E-state index contributed by atoms with van der Waals surface area (Å²) in [5.74, 6) is 0.534. The number of rotatable bonds is 2. The minimum Gasteiger partial charge on any atom is -0.385 e. The lowest BCUT2D eigenvalue weighted by atomic mass is 9.75. The third-order valence-electron chi connectivity index (χ3n) is 3.34. The van der Waals surface area contributed by atoms with Crippen molar-refractivity contribution in [2.75, 3.05) is 0 Å². The Morgan fingerprint density at radius 2 is 2.00 bits per heavy atom. The Balaban J connectivity index is 2.34. The lowest BCUT2D eigenvalue weighted by molar-refractivity contribution is -0.0394. The van der Waals surface area contributed by atoms with Crippen LogP contribution in [0, 0.1) is 0 Å². The molecular weight excluding hydrogens is 252 g/mol. The second kappa shape index (κ2) is 3.91. The fourth-order valence-electron chi connectivity index (χ4n) is 2.05. The van der Waals surface area contributed by atoms with Crippen molar-refractivity contribution in [2.24, 2.45) is 0 Å². The Kier molecular flexibility index (Phi) is 2.91. The molecule has 15 heavy (non-hydrogen) atoms. The van der Waals surface area contributed by atoms with E-state index in [0.717, 1.165) is 29.3 Å². The van der Waals surface area contributed by atoms with Crippen LogP contribution in [0.4, 0.5) is 0 Å². The van der Waals surface area contributed by atoms with Gasteiger partial charge in [-0.2, -0.15) is 0 Å². The van der Waals surface area contributed by atoms with Gasteiger partial charge in [0, 0.05) is 4.47 Å². The van der Waals surface area contributed by atoms with E-state index in [1.54, 1.807) is 0 Å². The maximum absolute atomic E-state index is 10.3. The normalized spacial score (nSPS) is 19.0. The van der Waals surface area contributed by atoms with Gasteiger partial charge in [-0.25, -0.2) is 0 Å². The molecule has 0 saturated heterocycles. The predicted molar refractivity (Wildman–Crippen MR) is 66.0 cm³/mol. The van der Waals surface area contributed by atoms with Gasteiger partial charge in [-0.05, 0) is 42.4 Å². The molecule has 0 atom stereocenters. The third kappa shape index (κ3) is 1.98. The molecule has 2 heteroatoms. The van der Waals surface area contributed by atoms with Gasteiger partial charge in [0.15, 0.2) is 0 Å². The summed E-state index contributed by atoms with van der Waals surface area (Å²) in [7, 11) is 0. The molecule has 0 heterocycles. The van der Waals surface area contributed by atoms with Crippen LogP contribution in [0.5, 0.6) is 0 Å². The van der Waals surface area contributed by atoms with Crippen molar-refractivity contribution in [3.63, 3.8) is 0 Å². The van der Waals surface area contributed by atoms with Crippen LogP contribution in [0.1, 0.15) is 50.2 Å². The third-order valence-corrected chi connectivity index (χ3v) is 4.00. The van der Waals surface area contributed by atoms with Gasteiger partial charge in [0.05, 0.1) is 5.60 Å². The summed E-state index contributed by atoms with van der Waals surface area (Å²) >= 11 is 3.57. The standard InChI is InChI=1S/C13H17BrO/c1-9(2)10-4-5-11(12(14)8-10)13(15)6-3-7-13/h4-5,8-9,15H,3,6-7H2,1-2H3. The molecule has 1 fully saturated rings. The lowest BCUT2D eigenvalue weighted by Crippen LogP contribution is -2.33.